The fourth-order valence-electron chi connectivity index (χ4n) is 2.81. The number of ether oxygens (including phenoxy) is 2. The summed E-state index contributed by atoms with van der Waals surface area (Å²) < 4.78 is 17.6. The van der Waals surface area contributed by atoms with Crippen LogP contribution in [0.4, 0.5) is 5.13 Å². The number of aromatic nitrogens is 1. The summed E-state index contributed by atoms with van der Waals surface area (Å²) in [6, 6.07) is 3.74. The van der Waals surface area contributed by atoms with Gasteiger partial charge in [0.15, 0.2) is 16.6 Å². The number of fused-ring (bicyclic) bond motifs is 2. The van der Waals surface area contributed by atoms with Crippen molar-refractivity contribution in [3.63, 3.8) is 0 Å². The lowest BCUT2D eigenvalue weighted by Gasteiger charge is -2.17. The van der Waals surface area contributed by atoms with E-state index in [1.54, 1.807) is 6.92 Å². The molecule has 3 heterocycles. The minimum absolute atomic E-state index is 0.210. The Morgan fingerprint density at radius 1 is 1.12 bits per heavy atom. The highest BCUT2D eigenvalue weighted by molar-refractivity contribution is 7.22. The summed E-state index contributed by atoms with van der Waals surface area (Å²) in [7, 11) is 0. The molecule has 0 atom stereocenters. The topological polar surface area (TPSA) is 73.6 Å². The molecule has 1 N–H and O–H groups in total. The number of amides is 1. The van der Waals surface area contributed by atoms with Gasteiger partial charge in [-0.1, -0.05) is 11.3 Å². The van der Waals surface area contributed by atoms with Gasteiger partial charge in [0.2, 0.25) is 0 Å². The van der Waals surface area contributed by atoms with Gasteiger partial charge in [-0.25, -0.2) is 4.98 Å². The molecule has 6 nitrogen and oxygen atoms in total. The van der Waals surface area contributed by atoms with Crippen LogP contribution in [-0.4, -0.2) is 24.1 Å². The highest BCUT2D eigenvalue weighted by Crippen LogP contribution is 2.38. The summed E-state index contributed by atoms with van der Waals surface area (Å²) in [6.07, 6.45) is 0. The maximum atomic E-state index is 12.5. The number of benzene rings is 1. The lowest BCUT2D eigenvalue weighted by molar-refractivity contribution is 0.102. The molecule has 0 bridgehead atoms. The second-order valence-electron chi connectivity index (χ2n) is 5.65. The SMILES string of the molecule is Cc1oc(C)c(C(=O)Nc2nc3cc4c(cc3s2)OCCO4)c1C. The zero-order valence-electron chi connectivity index (χ0n) is 13.6. The number of thiazole rings is 1. The highest BCUT2D eigenvalue weighted by atomic mass is 32.1. The second-order valence-corrected chi connectivity index (χ2v) is 6.68. The van der Waals surface area contributed by atoms with E-state index in [-0.39, 0.29) is 5.91 Å². The molecule has 0 spiro atoms. The predicted octanol–water partition coefficient (Wildman–Crippen LogP) is 3.84. The van der Waals surface area contributed by atoms with E-state index in [1.807, 2.05) is 26.0 Å². The molecule has 0 fully saturated rings. The highest BCUT2D eigenvalue weighted by Gasteiger charge is 2.20. The first-order valence-corrected chi connectivity index (χ1v) is 8.42. The van der Waals surface area contributed by atoms with E-state index >= 15 is 0 Å². The third-order valence-corrected chi connectivity index (χ3v) is 4.99. The summed E-state index contributed by atoms with van der Waals surface area (Å²) in [4.78, 5) is 17.0. The van der Waals surface area contributed by atoms with Crippen LogP contribution in [0.5, 0.6) is 11.5 Å². The molecule has 124 valence electrons. The first kappa shape index (κ1) is 15.0. The van der Waals surface area contributed by atoms with Crippen LogP contribution in [-0.2, 0) is 0 Å². The van der Waals surface area contributed by atoms with Crippen LogP contribution in [0.25, 0.3) is 10.2 Å². The summed E-state index contributed by atoms with van der Waals surface area (Å²) in [5.41, 5.74) is 2.19. The third kappa shape index (κ3) is 2.41. The van der Waals surface area contributed by atoms with Crippen molar-refractivity contribution in [3.05, 3.63) is 34.8 Å². The van der Waals surface area contributed by atoms with Gasteiger partial charge in [0.1, 0.15) is 24.7 Å². The number of carbonyl (C=O) groups excluding carboxylic acids is 1. The Hall–Kier alpha value is -2.54. The van der Waals surface area contributed by atoms with Crippen molar-refractivity contribution >= 4 is 32.6 Å². The quantitative estimate of drug-likeness (QED) is 0.764. The number of hydrogen-bond acceptors (Lipinski definition) is 6. The van der Waals surface area contributed by atoms with Crippen LogP contribution >= 0.6 is 11.3 Å². The molecule has 0 radical (unpaired) electrons. The number of nitrogens with zero attached hydrogens (tertiary/aromatic N) is 1. The predicted molar refractivity (Wildman–Crippen MR) is 91.5 cm³/mol. The number of rotatable bonds is 2. The molecule has 1 aromatic carbocycles. The molecule has 3 aromatic rings. The van der Waals surface area contributed by atoms with Crippen LogP contribution in [0, 0.1) is 20.8 Å². The molecule has 2 aromatic heterocycles. The molecular weight excluding hydrogens is 328 g/mol. The van der Waals surface area contributed by atoms with E-state index in [0.717, 1.165) is 21.5 Å². The molecule has 7 heteroatoms. The van der Waals surface area contributed by atoms with Crippen LogP contribution in [0.15, 0.2) is 16.5 Å². The Labute approximate surface area is 142 Å². The lowest BCUT2D eigenvalue weighted by Crippen LogP contribution is -2.15. The molecule has 24 heavy (non-hydrogen) atoms. The third-order valence-electron chi connectivity index (χ3n) is 4.06. The maximum absolute atomic E-state index is 12.5. The fourth-order valence-corrected chi connectivity index (χ4v) is 3.68. The van der Waals surface area contributed by atoms with Gasteiger partial charge in [-0.05, 0) is 20.8 Å². The minimum Gasteiger partial charge on any atom is -0.486 e. The van der Waals surface area contributed by atoms with Gasteiger partial charge in [-0.2, -0.15) is 0 Å². The Kier molecular flexibility index (Phi) is 3.45. The Balaban J connectivity index is 1.66. The molecule has 0 saturated heterocycles. The maximum Gasteiger partial charge on any atom is 0.261 e. The van der Waals surface area contributed by atoms with Crippen molar-refractivity contribution < 1.29 is 18.7 Å². The first-order valence-electron chi connectivity index (χ1n) is 7.61. The van der Waals surface area contributed by atoms with Gasteiger partial charge in [0.25, 0.3) is 5.91 Å². The number of furan rings is 1. The van der Waals surface area contributed by atoms with Crippen molar-refractivity contribution in [2.24, 2.45) is 0 Å². The fraction of sp³-hybridized carbons (Fsp3) is 0.294. The van der Waals surface area contributed by atoms with Crippen molar-refractivity contribution in [1.82, 2.24) is 4.98 Å². The molecule has 1 aliphatic heterocycles. The second kappa shape index (κ2) is 5.52. The van der Waals surface area contributed by atoms with Gasteiger partial charge in [0, 0.05) is 17.7 Å². The minimum atomic E-state index is -0.210. The number of hydrogen-bond donors (Lipinski definition) is 1. The van der Waals surface area contributed by atoms with Gasteiger partial charge in [0.05, 0.1) is 15.8 Å². The summed E-state index contributed by atoms with van der Waals surface area (Å²) in [6.45, 7) is 6.59. The molecule has 1 aliphatic rings. The van der Waals surface area contributed by atoms with Crippen molar-refractivity contribution in [1.29, 1.82) is 0 Å². The Morgan fingerprint density at radius 2 is 1.83 bits per heavy atom. The molecule has 0 unspecified atom stereocenters. The number of nitrogens with one attached hydrogen (secondary N) is 1. The van der Waals surface area contributed by atoms with Crippen molar-refractivity contribution in [2.45, 2.75) is 20.8 Å². The zero-order valence-corrected chi connectivity index (χ0v) is 14.4. The number of aryl methyl sites for hydroxylation is 2. The monoisotopic (exact) mass is 344 g/mol. The van der Waals surface area contributed by atoms with E-state index in [0.29, 0.717) is 41.2 Å². The van der Waals surface area contributed by atoms with Crippen LogP contribution < -0.4 is 14.8 Å². The van der Waals surface area contributed by atoms with Crippen molar-refractivity contribution in [2.75, 3.05) is 18.5 Å². The summed E-state index contributed by atoms with van der Waals surface area (Å²) in [5.74, 6) is 2.56. The Bertz CT molecular complexity index is 914. The first-order chi connectivity index (χ1) is 11.5. The smallest absolute Gasteiger partial charge is 0.261 e. The molecule has 0 saturated carbocycles. The van der Waals surface area contributed by atoms with Crippen LogP contribution in [0.1, 0.15) is 27.4 Å². The number of carbonyl (C=O) groups is 1. The van der Waals surface area contributed by atoms with Gasteiger partial charge < -0.3 is 13.9 Å². The molecule has 0 aliphatic carbocycles. The Morgan fingerprint density at radius 3 is 2.50 bits per heavy atom. The van der Waals surface area contributed by atoms with E-state index < -0.39 is 0 Å². The standard InChI is InChI=1S/C17H16N2O4S/c1-8-9(2)23-10(3)15(8)16(20)19-17-18-11-6-12-13(7-14(11)24-17)22-5-4-21-12/h6-7H,4-5H2,1-3H3,(H,18,19,20). The van der Waals surface area contributed by atoms with Gasteiger partial charge >= 0.3 is 0 Å². The lowest BCUT2D eigenvalue weighted by atomic mass is 10.1. The zero-order chi connectivity index (χ0) is 16.8. The van der Waals surface area contributed by atoms with Crippen molar-refractivity contribution in [3.8, 4) is 11.5 Å². The van der Waals surface area contributed by atoms with Crippen LogP contribution in [0.2, 0.25) is 0 Å². The summed E-state index contributed by atoms with van der Waals surface area (Å²) >= 11 is 1.40. The molecule has 1 amide bonds. The van der Waals surface area contributed by atoms with E-state index in [4.69, 9.17) is 13.9 Å². The summed E-state index contributed by atoms with van der Waals surface area (Å²) in [5, 5.41) is 3.40. The average molecular weight is 344 g/mol. The van der Waals surface area contributed by atoms with E-state index in [9.17, 15) is 4.79 Å². The average Bonchev–Trinajstić information content (AvgIpc) is 3.04. The molecular formula is C17H16N2O4S. The number of anilines is 1. The normalized spacial score (nSPS) is 13.3. The van der Waals surface area contributed by atoms with Gasteiger partial charge in [-0.3, -0.25) is 10.1 Å². The molecule has 4 rings (SSSR count). The van der Waals surface area contributed by atoms with E-state index in [1.165, 1.54) is 11.3 Å². The largest absolute Gasteiger partial charge is 0.486 e. The van der Waals surface area contributed by atoms with E-state index in [2.05, 4.69) is 10.3 Å². The van der Waals surface area contributed by atoms with Gasteiger partial charge in [-0.15, -0.1) is 0 Å². The van der Waals surface area contributed by atoms with Crippen LogP contribution in [0.3, 0.4) is 0 Å².